The fraction of sp³-hybridized carbons (Fsp3) is 0.300. The topological polar surface area (TPSA) is 44.6 Å². The van der Waals surface area contributed by atoms with E-state index in [0.29, 0.717) is 5.92 Å². The molecule has 0 amide bonds. The molecule has 1 rings (SSSR count). The third-order valence-corrected chi connectivity index (χ3v) is 1.82. The number of hydroxylamine groups is 1. The zero-order valence-electron chi connectivity index (χ0n) is 7.86. The van der Waals surface area contributed by atoms with Crippen molar-refractivity contribution in [1.82, 2.24) is 5.48 Å². The molecule has 1 aromatic rings. The Morgan fingerprint density at radius 1 is 1.38 bits per heavy atom. The van der Waals surface area contributed by atoms with Crippen molar-refractivity contribution in [2.24, 2.45) is 4.99 Å². The molecular weight excluding hydrogens is 164 g/mol. The largest absolute Gasteiger partial charge is 0.290 e. The summed E-state index contributed by atoms with van der Waals surface area (Å²) in [5.41, 5.74) is 3.95. The molecule has 0 heterocycles. The van der Waals surface area contributed by atoms with E-state index in [2.05, 4.69) is 18.8 Å². The Morgan fingerprint density at radius 3 is 2.69 bits per heavy atom. The van der Waals surface area contributed by atoms with Crippen LogP contribution in [0.2, 0.25) is 0 Å². The van der Waals surface area contributed by atoms with E-state index in [-0.39, 0.29) is 0 Å². The Bertz CT molecular complexity index is 295. The number of rotatable bonds is 3. The van der Waals surface area contributed by atoms with E-state index in [9.17, 15) is 0 Å². The first-order valence-corrected chi connectivity index (χ1v) is 4.26. The lowest BCUT2D eigenvalue weighted by Crippen LogP contribution is -2.01. The van der Waals surface area contributed by atoms with Gasteiger partial charge in [0.25, 0.3) is 0 Å². The van der Waals surface area contributed by atoms with Crippen molar-refractivity contribution < 1.29 is 5.21 Å². The lowest BCUT2D eigenvalue weighted by atomic mass is 10.0. The molecule has 0 saturated carbocycles. The van der Waals surface area contributed by atoms with Crippen molar-refractivity contribution in [3.05, 3.63) is 29.8 Å². The molecule has 0 spiro atoms. The van der Waals surface area contributed by atoms with Crippen LogP contribution in [0, 0.1) is 0 Å². The van der Waals surface area contributed by atoms with E-state index in [1.165, 1.54) is 11.9 Å². The van der Waals surface area contributed by atoms with Gasteiger partial charge in [0.05, 0.1) is 5.69 Å². The molecule has 3 heteroatoms. The molecule has 0 aliphatic rings. The van der Waals surface area contributed by atoms with Gasteiger partial charge in [-0.2, -0.15) is 0 Å². The number of benzene rings is 1. The van der Waals surface area contributed by atoms with Crippen LogP contribution in [0.3, 0.4) is 0 Å². The summed E-state index contributed by atoms with van der Waals surface area (Å²) < 4.78 is 0. The van der Waals surface area contributed by atoms with Crippen molar-refractivity contribution in [3.63, 3.8) is 0 Å². The average Bonchev–Trinajstić information content (AvgIpc) is 2.15. The number of nitrogens with zero attached hydrogens (tertiary/aromatic N) is 1. The van der Waals surface area contributed by atoms with Gasteiger partial charge in [-0.1, -0.05) is 32.0 Å². The molecular formula is C10H14N2O. The quantitative estimate of drug-likeness (QED) is 0.424. The highest BCUT2D eigenvalue weighted by molar-refractivity contribution is 5.62. The fourth-order valence-electron chi connectivity index (χ4n) is 1.19. The molecule has 2 N–H and O–H groups in total. The molecule has 0 fully saturated rings. The van der Waals surface area contributed by atoms with Crippen LogP contribution < -0.4 is 5.48 Å². The standard InChI is InChI=1S/C10H14N2O/c1-8(2)9-5-3-4-6-10(9)11-7-12-13/h3-8,13H,1-2H3,(H,11,12). The second kappa shape index (κ2) is 4.62. The van der Waals surface area contributed by atoms with Crippen LogP contribution in [-0.4, -0.2) is 11.5 Å². The summed E-state index contributed by atoms with van der Waals surface area (Å²) in [6, 6.07) is 7.87. The molecule has 70 valence electrons. The molecule has 0 aliphatic carbocycles. The molecule has 0 atom stereocenters. The third kappa shape index (κ3) is 2.56. The van der Waals surface area contributed by atoms with E-state index in [4.69, 9.17) is 5.21 Å². The van der Waals surface area contributed by atoms with Crippen LogP contribution in [0.25, 0.3) is 0 Å². The van der Waals surface area contributed by atoms with Crippen LogP contribution in [0.4, 0.5) is 5.69 Å². The number of hydrogen-bond acceptors (Lipinski definition) is 2. The first-order chi connectivity index (χ1) is 6.25. The molecule has 0 unspecified atom stereocenters. The summed E-state index contributed by atoms with van der Waals surface area (Å²) in [5.74, 6) is 0.437. The molecule has 0 bridgehead atoms. The smallest absolute Gasteiger partial charge is 0.113 e. The van der Waals surface area contributed by atoms with Gasteiger partial charge in [-0.25, -0.2) is 4.99 Å². The number of nitrogens with one attached hydrogen (secondary N) is 1. The summed E-state index contributed by atoms with van der Waals surface area (Å²) in [4.78, 5) is 4.06. The molecule has 0 saturated heterocycles. The zero-order valence-corrected chi connectivity index (χ0v) is 7.86. The maximum atomic E-state index is 8.36. The van der Waals surface area contributed by atoms with Crippen LogP contribution >= 0.6 is 0 Å². The Hall–Kier alpha value is -1.35. The van der Waals surface area contributed by atoms with Gasteiger partial charge in [0.15, 0.2) is 0 Å². The van der Waals surface area contributed by atoms with Gasteiger partial charge < -0.3 is 0 Å². The maximum absolute atomic E-state index is 8.36. The van der Waals surface area contributed by atoms with Crippen molar-refractivity contribution in [1.29, 1.82) is 0 Å². The van der Waals surface area contributed by atoms with E-state index < -0.39 is 0 Å². The number of aliphatic imine (C=N–C) groups is 1. The lowest BCUT2D eigenvalue weighted by Gasteiger charge is -2.07. The Balaban J connectivity index is 2.97. The van der Waals surface area contributed by atoms with Crippen LogP contribution in [0.1, 0.15) is 25.3 Å². The Labute approximate surface area is 78.1 Å². The minimum absolute atomic E-state index is 0.437. The highest BCUT2D eigenvalue weighted by Crippen LogP contribution is 2.25. The highest BCUT2D eigenvalue weighted by atomic mass is 16.5. The van der Waals surface area contributed by atoms with Gasteiger partial charge >= 0.3 is 0 Å². The molecule has 3 nitrogen and oxygen atoms in total. The average molecular weight is 178 g/mol. The van der Waals surface area contributed by atoms with Crippen LogP contribution in [0.5, 0.6) is 0 Å². The lowest BCUT2D eigenvalue weighted by molar-refractivity contribution is 0.240. The van der Waals surface area contributed by atoms with E-state index in [0.717, 1.165) is 5.69 Å². The molecule has 1 aromatic carbocycles. The van der Waals surface area contributed by atoms with Crippen molar-refractivity contribution in [2.75, 3.05) is 0 Å². The molecule has 0 aromatic heterocycles. The predicted octanol–water partition coefficient (Wildman–Crippen LogP) is 2.45. The first-order valence-electron chi connectivity index (χ1n) is 4.26. The van der Waals surface area contributed by atoms with Gasteiger partial charge in [-0.3, -0.25) is 10.7 Å². The van der Waals surface area contributed by atoms with Gasteiger partial charge in [0.2, 0.25) is 0 Å². The Morgan fingerprint density at radius 2 is 2.08 bits per heavy atom. The summed E-state index contributed by atoms with van der Waals surface area (Å²) >= 11 is 0. The van der Waals surface area contributed by atoms with Crippen LogP contribution in [0.15, 0.2) is 29.3 Å². The minimum Gasteiger partial charge on any atom is -0.290 e. The van der Waals surface area contributed by atoms with E-state index >= 15 is 0 Å². The Kier molecular flexibility index (Phi) is 3.46. The van der Waals surface area contributed by atoms with E-state index in [1.807, 2.05) is 29.7 Å². The van der Waals surface area contributed by atoms with Gasteiger partial charge in [0.1, 0.15) is 6.34 Å². The molecule has 0 radical (unpaired) electrons. The van der Waals surface area contributed by atoms with E-state index in [1.54, 1.807) is 0 Å². The second-order valence-electron chi connectivity index (χ2n) is 3.10. The minimum atomic E-state index is 0.437. The van der Waals surface area contributed by atoms with Crippen LogP contribution in [-0.2, 0) is 0 Å². The molecule has 0 aliphatic heterocycles. The monoisotopic (exact) mass is 178 g/mol. The highest BCUT2D eigenvalue weighted by Gasteiger charge is 2.02. The summed E-state index contributed by atoms with van der Waals surface area (Å²) in [7, 11) is 0. The predicted molar refractivity (Wildman–Crippen MR) is 53.6 cm³/mol. The summed E-state index contributed by atoms with van der Waals surface area (Å²) in [5, 5.41) is 8.36. The van der Waals surface area contributed by atoms with Crippen molar-refractivity contribution in [2.45, 2.75) is 19.8 Å². The summed E-state index contributed by atoms with van der Waals surface area (Å²) in [6.45, 7) is 4.22. The van der Waals surface area contributed by atoms with Crippen molar-refractivity contribution in [3.8, 4) is 0 Å². The van der Waals surface area contributed by atoms with Gasteiger partial charge in [-0.05, 0) is 17.5 Å². The fourth-order valence-corrected chi connectivity index (χ4v) is 1.19. The first kappa shape index (κ1) is 9.74. The van der Waals surface area contributed by atoms with Gasteiger partial charge in [0, 0.05) is 0 Å². The summed E-state index contributed by atoms with van der Waals surface area (Å²) in [6.07, 6.45) is 1.27. The zero-order chi connectivity index (χ0) is 9.68. The SMILES string of the molecule is CC(C)c1ccccc1N=CNO. The molecule has 13 heavy (non-hydrogen) atoms. The van der Waals surface area contributed by atoms with Crippen molar-refractivity contribution >= 4 is 12.0 Å². The maximum Gasteiger partial charge on any atom is 0.113 e. The number of hydrogen-bond donors (Lipinski definition) is 2. The normalized spacial score (nSPS) is 11.1. The second-order valence-corrected chi connectivity index (χ2v) is 3.10. The number of para-hydroxylation sites is 1. The third-order valence-electron chi connectivity index (χ3n) is 1.82. The van der Waals surface area contributed by atoms with Gasteiger partial charge in [-0.15, -0.1) is 0 Å².